The molecule has 0 radical (unpaired) electrons. The summed E-state index contributed by atoms with van der Waals surface area (Å²) >= 11 is 0. The Morgan fingerprint density at radius 3 is 2.76 bits per heavy atom. The zero-order valence-corrected chi connectivity index (χ0v) is 9.80. The number of aliphatic hydroxyl groups excluding tert-OH is 1. The third kappa shape index (κ3) is 3.45. The van der Waals surface area contributed by atoms with Gasteiger partial charge in [-0.2, -0.15) is 0 Å². The summed E-state index contributed by atoms with van der Waals surface area (Å²) in [5.41, 5.74) is 0. The van der Waals surface area contributed by atoms with Gasteiger partial charge in [0.2, 0.25) is 0 Å². The highest BCUT2D eigenvalue weighted by Gasteiger charge is 2.40. The van der Waals surface area contributed by atoms with E-state index in [9.17, 15) is 14.7 Å². The van der Waals surface area contributed by atoms with Crippen LogP contribution in [0.15, 0.2) is 12.7 Å². The van der Waals surface area contributed by atoms with Crippen LogP contribution in [-0.2, 0) is 14.3 Å². The second-order valence-electron chi connectivity index (χ2n) is 3.70. The number of β-amino-alcohol motifs (C(OH)–C–C–N with tert-alkyl or cyclic N) is 1. The lowest BCUT2D eigenvalue weighted by Crippen LogP contribution is -2.31. The predicted molar refractivity (Wildman–Crippen MR) is 59.2 cm³/mol. The van der Waals surface area contributed by atoms with E-state index in [1.165, 1.54) is 11.0 Å². The van der Waals surface area contributed by atoms with E-state index in [1.54, 1.807) is 6.92 Å². The fourth-order valence-electron chi connectivity index (χ4n) is 1.64. The molecule has 96 valence electrons. The normalized spacial score (nSPS) is 23.3. The van der Waals surface area contributed by atoms with E-state index in [0.717, 1.165) is 0 Å². The van der Waals surface area contributed by atoms with Crippen LogP contribution >= 0.6 is 0 Å². The van der Waals surface area contributed by atoms with Crippen molar-refractivity contribution in [3.05, 3.63) is 12.7 Å². The largest absolute Gasteiger partial charge is 0.466 e. The van der Waals surface area contributed by atoms with Crippen LogP contribution in [0.1, 0.15) is 6.92 Å². The van der Waals surface area contributed by atoms with Crippen molar-refractivity contribution in [1.82, 2.24) is 4.90 Å². The quantitative estimate of drug-likeness (QED) is 0.562. The van der Waals surface area contributed by atoms with Gasteiger partial charge in [0.25, 0.3) is 0 Å². The number of rotatable bonds is 4. The van der Waals surface area contributed by atoms with Gasteiger partial charge < -0.3 is 19.5 Å². The molecule has 1 aliphatic heterocycles. The van der Waals surface area contributed by atoms with E-state index < -0.39 is 24.1 Å². The van der Waals surface area contributed by atoms with Gasteiger partial charge in [0.05, 0.1) is 19.3 Å². The molecule has 0 unspecified atom stereocenters. The van der Waals surface area contributed by atoms with Crippen molar-refractivity contribution in [1.29, 1.82) is 0 Å². The smallest absolute Gasteiger partial charge is 0.410 e. The summed E-state index contributed by atoms with van der Waals surface area (Å²) in [4.78, 5) is 24.2. The Labute approximate surface area is 99.8 Å². The third-order valence-electron chi connectivity index (χ3n) is 2.46. The molecule has 2 atom stereocenters. The van der Waals surface area contributed by atoms with Crippen molar-refractivity contribution in [3.63, 3.8) is 0 Å². The van der Waals surface area contributed by atoms with Gasteiger partial charge in [-0.15, -0.1) is 0 Å². The van der Waals surface area contributed by atoms with Gasteiger partial charge in [-0.25, -0.2) is 4.79 Å². The summed E-state index contributed by atoms with van der Waals surface area (Å²) in [7, 11) is 0. The molecule has 0 saturated carbocycles. The molecule has 1 heterocycles. The standard InChI is InChI=1S/C11H17NO5/c1-3-5-17-11(15)12-6-8(9(13)7-12)10(14)16-4-2/h3,8-9,13H,1,4-7H2,2H3/t8-,9-/m1/s1. The van der Waals surface area contributed by atoms with Crippen LogP contribution in [0.25, 0.3) is 0 Å². The first-order valence-electron chi connectivity index (χ1n) is 5.47. The highest BCUT2D eigenvalue weighted by molar-refractivity contribution is 5.76. The molecule has 0 aromatic rings. The number of hydrogen-bond donors (Lipinski definition) is 1. The SMILES string of the molecule is C=CCOC(=O)N1C[C@@H](O)[C@H](C(=O)OCC)C1. The molecule has 1 fully saturated rings. The van der Waals surface area contributed by atoms with Crippen molar-refractivity contribution in [2.24, 2.45) is 5.92 Å². The molecule has 0 aromatic carbocycles. The summed E-state index contributed by atoms with van der Waals surface area (Å²) in [6.45, 7) is 5.68. The summed E-state index contributed by atoms with van der Waals surface area (Å²) in [6, 6.07) is 0. The van der Waals surface area contributed by atoms with Gasteiger partial charge in [0.15, 0.2) is 0 Å². The molecule has 1 saturated heterocycles. The number of likely N-dealkylation sites (tertiary alicyclic amines) is 1. The van der Waals surface area contributed by atoms with Crippen molar-refractivity contribution in [2.45, 2.75) is 13.0 Å². The van der Waals surface area contributed by atoms with E-state index in [-0.39, 0.29) is 26.3 Å². The number of nitrogens with zero attached hydrogens (tertiary/aromatic N) is 1. The summed E-state index contributed by atoms with van der Waals surface area (Å²) in [6.07, 6.45) is -0.00572. The number of ether oxygens (including phenoxy) is 2. The monoisotopic (exact) mass is 243 g/mol. The maximum atomic E-state index is 11.5. The average Bonchev–Trinajstić information content (AvgIpc) is 2.68. The number of hydrogen-bond acceptors (Lipinski definition) is 5. The minimum absolute atomic E-state index is 0.0828. The number of carbonyl (C=O) groups is 2. The molecule has 6 nitrogen and oxygen atoms in total. The van der Waals surface area contributed by atoms with E-state index >= 15 is 0 Å². The molecule has 17 heavy (non-hydrogen) atoms. The predicted octanol–water partition coefficient (Wildman–Crippen LogP) is 0.165. The van der Waals surface area contributed by atoms with Crippen molar-refractivity contribution < 1.29 is 24.2 Å². The first kappa shape index (κ1) is 13.5. The molecular formula is C11H17NO5. The van der Waals surface area contributed by atoms with Crippen LogP contribution in [0.3, 0.4) is 0 Å². The van der Waals surface area contributed by atoms with E-state index in [0.29, 0.717) is 0 Å². The molecule has 0 spiro atoms. The van der Waals surface area contributed by atoms with Crippen molar-refractivity contribution in [3.8, 4) is 0 Å². The van der Waals surface area contributed by atoms with Crippen molar-refractivity contribution >= 4 is 12.1 Å². The van der Waals surface area contributed by atoms with Crippen LogP contribution in [0.2, 0.25) is 0 Å². The van der Waals surface area contributed by atoms with E-state index in [1.807, 2.05) is 0 Å². The van der Waals surface area contributed by atoms with Gasteiger partial charge >= 0.3 is 12.1 Å². The summed E-state index contributed by atoms with van der Waals surface area (Å²) < 4.78 is 9.63. The highest BCUT2D eigenvalue weighted by Crippen LogP contribution is 2.19. The average molecular weight is 243 g/mol. The second-order valence-corrected chi connectivity index (χ2v) is 3.70. The molecule has 6 heteroatoms. The van der Waals surface area contributed by atoms with E-state index in [4.69, 9.17) is 9.47 Å². The Balaban J connectivity index is 2.50. The maximum Gasteiger partial charge on any atom is 0.410 e. The zero-order chi connectivity index (χ0) is 12.8. The zero-order valence-electron chi connectivity index (χ0n) is 9.80. The first-order chi connectivity index (χ1) is 8.10. The van der Waals surface area contributed by atoms with Gasteiger partial charge in [-0.1, -0.05) is 12.7 Å². The molecule has 1 amide bonds. The molecular weight excluding hydrogens is 226 g/mol. The van der Waals surface area contributed by atoms with Crippen LogP contribution in [0.4, 0.5) is 4.79 Å². The Morgan fingerprint density at radius 1 is 1.47 bits per heavy atom. The topological polar surface area (TPSA) is 76.1 Å². The molecule has 0 aromatic heterocycles. The summed E-state index contributed by atoms with van der Waals surface area (Å²) in [5.74, 6) is -1.18. The summed E-state index contributed by atoms with van der Waals surface area (Å²) in [5, 5.41) is 9.66. The minimum Gasteiger partial charge on any atom is -0.466 e. The molecule has 0 aliphatic carbocycles. The Morgan fingerprint density at radius 2 is 2.18 bits per heavy atom. The minimum atomic E-state index is -0.898. The lowest BCUT2D eigenvalue weighted by Gasteiger charge is -2.14. The van der Waals surface area contributed by atoms with Crippen LogP contribution < -0.4 is 0 Å². The van der Waals surface area contributed by atoms with Gasteiger partial charge in [0.1, 0.15) is 12.5 Å². The highest BCUT2D eigenvalue weighted by atomic mass is 16.6. The number of amides is 1. The Hall–Kier alpha value is -1.56. The number of aliphatic hydroxyl groups is 1. The Kier molecular flexibility index (Phi) is 4.96. The third-order valence-corrected chi connectivity index (χ3v) is 2.46. The Bertz CT molecular complexity index is 304. The van der Waals surface area contributed by atoms with Crippen LogP contribution in [0.5, 0.6) is 0 Å². The second kappa shape index (κ2) is 6.24. The molecule has 1 aliphatic rings. The number of carbonyl (C=O) groups excluding carboxylic acids is 2. The molecule has 0 bridgehead atoms. The fourth-order valence-corrected chi connectivity index (χ4v) is 1.64. The maximum absolute atomic E-state index is 11.5. The fraction of sp³-hybridized carbons (Fsp3) is 0.636. The van der Waals surface area contributed by atoms with Crippen LogP contribution in [0, 0.1) is 5.92 Å². The van der Waals surface area contributed by atoms with Crippen molar-refractivity contribution in [2.75, 3.05) is 26.3 Å². The lowest BCUT2D eigenvalue weighted by molar-refractivity contribution is -0.150. The van der Waals surface area contributed by atoms with Gasteiger partial charge in [0, 0.05) is 6.54 Å². The van der Waals surface area contributed by atoms with Crippen LogP contribution in [-0.4, -0.2) is 54.5 Å². The number of esters is 1. The lowest BCUT2D eigenvalue weighted by atomic mass is 10.1. The molecule has 1 rings (SSSR count). The first-order valence-corrected chi connectivity index (χ1v) is 5.47. The van der Waals surface area contributed by atoms with Gasteiger partial charge in [-0.3, -0.25) is 4.79 Å². The van der Waals surface area contributed by atoms with Gasteiger partial charge in [-0.05, 0) is 6.92 Å². The van der Waals surface area contributed by atoms with E-state index in [2.05, 4.69) is 6.58 Å². The molecule has 1 N–H and O–H groups in total.